The molecule has 5 heteroatoms. The molecule has 0 atom stereocenters. The Labute approximate surface area is 87.2 Å². The monoisotopic (exact) mass is 204 g/mol. The molecule has 0 unspecified atom stereocenters. The quantitative estimate of drug-likeness (QED) is 0.731. The molecule has 0 saturated carbocycles. The highest BCUT2D eigenvalue weighted by atomic mass is 16.3. The van der Waals surface area contributed by atoms with Crippen LogP contribution in [0.1, 0.15) is 11.4 Å². The van der Waals surface area contributed by atoms with Crippen molar-refractivity contribution in [2.45, 2.75) is 13.8 Å². The predicted octanol–water partition coefficient (Wildman–Crippen LogP) is 1.17. The lowest BCUT2D eigenvalue weighted by molar-refractivity contribution is 0.469. The molecule has 15 heavy (non-hydrogen) atoms. The molecule has 2 rings (SSSR count). The first-order valence-corrected chi connectivity index (χ1v) is 4.55. The van der Waals surface area contributed by atoms with Crippen molar-refractivity contribution in [3.05, 3.63) is 30.0 Å². The van der Waals surface area contributed by atoms with Gasteiger partial charge in [-0.25, -0.2) is 9.97 Å². The zero-order chi connectivity index (χ0) is 11.0. The van der Waals surface area contributed by atoms with Crippen LogP contribution in [0.5, 0.6) is 5.75 Å². The van der Waals surface area contributed by atoms with Crippen LogP contribution in [0, 0.1) is 13.8 Å². The van der Waals surface area contributed by atoms with E-state index in [-0.39, 0.29) is 5.75 Å². The lowest BCUT2D eigenvalue weighted by Crippen LogP contribution is -2.00. The molecule has 0 aliphatic carbocycles. The van der Waals surface area contributed by atoms with Gasteiger partial charge in [0.15, 0.2) is 11.6 Å². The first-order chi connectivity index (χ1) is 7.09. The molecule has 0 aliphatic heterocycles. The number of nitrogens with zero attached hydrogens (tertiary/aromatic N) is 3. The molecule has 5 nitrogen and oxygen atoms in total. The molecule has 0 saturated heterocycles. The van der Waals surface area contributed by atoms with Crippen molar-refractivity contribution in [2.24, 2.45) is 0 Å². The third-order valence-corrected chi connectivity index (χ3v) is 2.35. The van der Waals surface area contributed by atoms with Crippen LogP contribution in [0.4, 0.5) is 5.69 Å². The Hall–Kier alpha value is -2.04. The van der Waals surface area contributed by atoms with Gasteiger partial charge in [-0.15, -0.1) is 0 Å². The van der Waals surface area contributed by atoms with Gasteiger partial charge in [0, 0.05) is 11.8 Å². The number of nitrogens with two attached hydrogens (primary N) is 1. The van der Waals surface area contributed by atoms with Gasteiger partial charge in [-0.1, -0.05) is 0 Å². The van der Waals surface area contributed by atoms with Crippen molar-refractivity contribution >= 4 is 5.69 Å². The van der Waals surface area contributed by atoms with Crippen LogP contribution in [0.15, 0.2) is 18.6 Å². The topological polar surface area (TPSA) is 77.0 Å². The molecule has 0 bridgehead atoms. The van der Waals surface area contributed by atoms with Crippen LogP contribution < -0.4 is 5.73 Å². The van der Waals surface area contributed by atoms with Crippen LogP contribution in [-0.4, -0.2) is 19.6 Å². The summed E-state index contributed by atoms with van der Waals surface area (Å²) < 4.78 is 1.73. The lowest BCUT2D eigenvalue weighted by Gasteiger charge is -2.06. The number of aromatic nitrogens is 3. The van der Waals surface area contributed by atoms with E-state index in [9.17, 15) is 5.11 Å². The van der Waals surface area contributed by atoms with E-state index in [0.29, 0.717) is 11.5 Å². The predicted molar refractivity (Wildman–Crippen MR) is 56.9 cm³/mol. The number of rotatable bonds is 1. The molecule has 0 radical (unpaired) electrons. The number of nitrogen functional groups attached to an aromatic ring is 1. The van der Waals surface area contributed by atoms with Crippen molar-refractivity contribution in [3.63, 3.8) is 0 Å². The Kier molecular flexibility index (Phi) is 2.07. The van der Waals surface area contributed by atoms with E-state index in [1.165, 1.54) is 12.3 Å². The van der Waals surface area contributed by atoms with Crippen LogP contribution in [0.25, 0.3) is 5.82 Å². The standard InChI is InChI=1S/C10H12N4O/c1-6-7(2)14(5-13-6)10-9(15)3-8(11)4-12-10/h3-5,15H,11H2,1-2H3. The first kappa shape index (κ1) is 9.51. The molecule has 2 aromatic heterocycles. The summed E-state index contributed by atoms with van der Waals surface area (Å²) in [5.74, 6) is 0.498. The molecule has 0 aliphatic rings. The van der Waals surface area contributed by atoms with Crippen molar-refractivity contribution < 1.29 is 5.11 Å². The largest absolute Gasteiger partial charge is 0.504 e. The van der Waals surface area contributed by atoms with Crippen LogP contribution in [-0.2, 0) is 0 Å². The van der Waals surface area contributed by atoms with Crippen LogP contribution in [0.2, 0.25) is 0 Å². The van der Waals surface area contributed by atoms with Gasteiger partial charge in [0.05, 0.1) is 17.6 Å². The molecule has 3 N–H and O–H groups in total. The van der Waals surface area contributed by atoms with Gasteiger partial charge >= 0.3 is 0 Å². The van der Waals surface area contributed by atoms with E-state index >= 15 is 0 Å². The van der Waals surface area contributed by atoms with Crippen LogP contribution in [0.3, 0.4) is 0 Å². The molecular weight excluding hydrogens is 192 g/mol. The average molecular weight is 204 g/mol. The smallest absolute Gasteiger partial charge is 0.180 e. The number of hydrogen-bond donors (Lipinski definition) is 2. The van der Waals surface area contributed by atoms with Gasteiger partial charge in [0.2, 0.25) is 0 Å². The Morgan fingerprint density at radius 1 is 1.33 bits per heavy atom. The van der Waals surface area contributed by atoms with Gasteiger partial charge in [0.1, 0.15) is 6.33 Å². The van der Waals surface area contributed by atoms with E-state index in [0.717, 1.165) is 11.4 Å². The van der Waals surface area contributed by atoms with Gasteiger partial charge in [0.25, 0.3) is 0 Å². The fourth-order valence-electron chi connectivity index (χ4n) is 1.36. The second-order valence-corrected chi connectivity index (χ2v) is 3.40. The average Bonchev–Trinajstić information content (AvgIpc) is 2.49. The fraction of sp³-hybridized carbons (Fsp3) is 0.200. The molecule has 2 heterocycles. The normalized spacial score (nSPS) is 10.5. The lowest BCUT2D eigenvalue weighted by atomic mass is 10.3. The minimum Gasteiger partial charge on any atom is -0.504 e. The van der Waals surface area contributed by atoms with Gasteiger partial charge in [-0.3, -0.25) is 4.57 Å². The molecule has 0 amide bonds. The minimum absolute atomic E-state index is 0.0514. The highest BCUT2D eigenvalue weighted by molar-refractivity contribution is 5.50. The summed E-state index contributed by atoms with van der Waals surface area (Å²) >= 11 is 0. The Balaban J connectivity index is 2.59. The summed E-state index contributed by atoms with van der Waals surface area (Å²) in [7, 11) is 0. The second-order valence-electron chi connectivity index (χ2n) is 3.40. The Morgan fingerprint density at radius 3 is 2.60 bits per heavy atom. The zero-order valence-corrected chi connectivity index (χ0v) is 8.60. The number of hydrogen-bond acceptors (Lipinski definition) is 4. The summed E-state index contributed by atoms with van der Waals surface area (Å²) in [6, 6.07) is 1.47. The molecule has 0 aromatic carbocycles. The second kappa shape index (κ2) is 3.27. The van der Waals surface area contributed by atoms with E-state index in [1.807, 2.05) is 13.8 Å². The number of pyridine rings is 1. The van der Waals surface area contributed by atoms with E-state index in [4.69, 9.17) is 5.73 Å². The Morgan fingerprint density at radius 2 is 2.07 bits per heavy atom. The first-order valence-electron chi connectivity index (χ1n) is 4.55. The maximum Gasteiger partial charge on any atom is 0.180 e. The maximum atomic E-state index is 9.69. The summed E-state index contributed by atoms with van der Waals surface area (Å²) in [4.78, 5) is 8.21. The van der Waals surface area contributed by atoms with Crippen molar-refractivity contribution in [1.29, 1.82) is 0 Å². The van der Waals surface area contributed by atoms with E-state index < -0.39 is 0 Å². The number of aryl methyl sites for hydroxylation is 1. The van der Waals surface area contributed by atoms with E-state index in [2.05, 4.69) is 9.97 Å². The number of imidazole rings is 1. The zero-order valence-electron chi connectivity index (χ0n) is 8.60. The summed E-state index contributed by atoms with van der Waals surface area (Å²) in [6.45, 7) is 3.82. The number of anilines is 1. The maximum absolute atomic E-state index is 9.69. The van der Waals surface area contributed by atoms with Crippen molar-refractivity contribution in [2.75, 3.05) is 5.73 Å². The molecular formula is C10H12N4O. The highest BCUT2D eigenvalue weighted by Crippen LogP contribution is 2.22. The number of aromatic hydroxyl groups is 1. The minimum atomic E-state index is 0.0514. The van der Waals surface area contributed by atoms with Gasteiger partial charge in [-0.2, -0.15) is 0 Å². The SMILES string of the molecule is Cc1ncn(-c2ncc(N)cc2O)c1C. The van der Waals surface area contributed by atoms with Crippen molar-refractivity contribution in [3.8, 4) is 11.6 Å². The third kappa shape index (κ3) is 1.52. The summed E-state index contributed by atoms with van der Waals surface area (Å²) in [5.41, 5.74) is 7.79. The molecule has 0 spiro atoms. The fourth-order valence-corrected chi connectivity index (χ4v) is 1.36. The third-order valence-electron chi connectivity index (χ3n) is 2.35. The molecule has 0 fully saturated rings. The van der Waals surface area contributed by atoms with E-state index in [1.54, 1.807) is 10.9 Å². The highest BCUT2D eigenvalue weighted by Gasteiger charge is 2.09. The van der Waals surface area contributed by atoms with Gasteiger partial charge < -0.3 is 10.8 Å². The summed E-state index contributed by atoms with van der Waals surface area (Å²) in [6.07, 6.45) is 3.13. The molecule has 78 valence electrons. The molecule has 2 aromatic rings. The Bertz CT molecular complexity index is 504. The summed E-state index contributed by atoms with van der Waals surface area (Å²) in [5, 5.41) is 9.69. The van der Waals surface area contributed by atoms with Crippen LogP contribution >= 0.6 is 0 Å². The van der Waals surface area contributed by atoms with Gasteiger partial charge in [-0.05, 0) is 13.8 Å². The van der Waals surface area contributed by atoms with Crippen molar-refractivity contribution in [1.82, 2.24) is 14.5 Å².